The molecule has 0 spiro atoms. The van der Waals surface area contributed by atoms with Gasteiger partial charge < -0.3 is 10.6 Å². The zero-order chi connectivity index (χ0) is 14.3. The SMILES string of the molecule is c1ccc(Nc2ccc(NCc3cccnc3)cc2)cc1. The molecular formula is C18H17N3. The highest BCUT2D eigenvalue weighted by atomic mass is 14.9. The molecule has 1 heterocycles. The van der Waals surface area contributed by atoms with Crippen molar-refractivity contribution in [2.75, 3.05) is 10.6 Å². The van der Waals surface area contributed by atoms with Gasteiger partial charge in [0.05, 0.1) is 0 Å². The van der Waals surface area contributed by atoms with Gasteiger partial charge in [-0.25, -0.2) is 0 Å². The number of hydrogen-bond donors (Lipinski definition) is 2. The molecular weight excluding hydrogens is 258 g/mol. The predicted octanol–water partition coefficient (Wildman–Crippen LogP) is 4.44. The first kappa shape index (κ1) is 13.2. The van der Waals surface area contributed by atoms with E-state index in [1.165, 1.54) is 5.56 Å². The van der Waals surface area contributed by atoms with Crippen LogP contribution in [0.25, 0.3) is 0 Å². The van der Waals surface area contributed by atoms with Crippen molar-refractivity contribution in [3.05, 3.63) is 84.7 Å². The Morgan fingerprint density at radius 1 is 0.714 bits per heavy atom. The van der Waals surface area contributed by atoms with Crippen molar-refractivity contribution in [1.29, 1.82) is 0 Å². The van der Waals surface area contributed by atoms with Gasteiger partial charge in [0.15, 0.2) is 0 Å². The Morgan fingerprint density at radius 3 is 2.14 bits per heavy atom. The molecule has 0 bridgehead atoms. The van der Waals surface area contributed by atoms with Gasteiger partial charge in [-0.3, -0.25) is 4.98 Å². The van der Waals surface area contributed by atoms with Crippen molar-refractivity contribution in [2.45, 2.75) is 6.54 Å². The highest BCUT2D eigenvalue weighted by Gasteiger charge is 1.96. The van der Waals surface area contributed by atoms with E-state index in [1.54, 1.807) is 6.20 Å². The lowest BCUT2D eigenvalue weighted by Gasteiger charge is -2.09. The van der Waals surface area contributed by atoms with Crippen LogP contribution in [-0.4, -0.2) is 4.98 Å². The zero-order valence-corrected chi connectivity index (χ0v) is 11.7. The molecule has 0 aliphatic carbocycles. The smallest absolute Gasteiger partial charge is 0.0416 e. The maximum Gasteiger partial charge on any atom is 0.0416 e. The van der Waals surface area contributed by atoms with Crippen LogP contribution in [0, 0.1) is 0 Å². The summed E-state index contributed by atoms with van der Waals surface area (Å²) >= 11 is 0. The molecule has 3 rings (SSSR count). The summed E-state index contributed by atoms with van der Waals surface area (Å²) in [5.41, 5.74) is 4.43. The van der Waals surface area contributed by atoms with E-state index < -0.39 is 0 Å². The molecule has 0 aliphatic rings. The summed E-state index contributed by atoms with van der Waals surface area (Å²) in [5, 5.41) is 6.75. The minimum atomic E-state index is 0.777. The summed E-state index contributed by atoms with van der Waals surface area (Å²) in [6.45, 7) is 0.777. The van der Waals surface area contributed by atoms with E-state index in [4.69, 9.17) is 0 Å². The zero-order valence-electron chi connectivity index (χ0n) is 11.7. The first-order valence-corrected chi connectivity index (χ1v) is 6.95. The van der Waals surface area contributed by atoms with Crippen molar-refractivity contribution in [3.8, 4) is 0 Å². The Hall–Kier alpha value is -2.81. The Bertz CT molecular complexity index is 664. The Morgan fingerprint density at radius 2 is 1.43 bits per heavy atom. The molecule has 3 nitrogen and oxygen atoms in total. The van der Waals surface area contributed by atoms with Crippen LogP contribution in [-0.2, 0) is 6.54 Å². The number of anilines is 3. The van der Waals surface area contributed by atoms with Gasteiger partial charge in [0.2, 0.25) is 0 Å². The van der Waals surface area contributed by atoms with Crippen LogP contribution in [0.15, 0.2) is 79.1 Å². The summed E-state index contributed by atoms with van der Waals surface area (Å²) < 4.78 is 0. The number of aromatic nitrogens is 1. The van der Waals surface area contributed by atoms with Gasteiger partial charge in [-0.15, -0.1) is 0 Å². The monoisotopic (exact) mass is 275 g/mol. The maximum absolute atomic E-state index is 4.11. The Kier molecular flexibility index (Phi) is 4.12. The number of benzene rings is 2. The summed E-state index contributed by atoms with van der Waals surface area (Å²) in [7, 11) is 0. The molecule has 104 valence electrons. The number of hydrogen-bond acceptors (Lipinski definition) is 3. The van der Waals surface area contributed by atoms with Crippen molar-refractivity contribution < 1.29 is 0 Å². The fraction of sp³-hybridized carbons (Fsp3) is 0.0556. The minimum Gasteiger partial charge on any atom is -0.381 e. The van der Waals surface area contributed by atoms with Crippen LogP contribution < -0.4 is 10.6 Å². The van der Waals surface area contributed by atoms with Crippen LogP contribution in [0.2, 0.25) is 0 Å². The average molecular weight is 275 g/mol. The van der Waals surface area contributed by atoms with E-state index >= 15 is 0 Å². The lowest BCUT2D eigenvalue weighted by Crippen LogP contribution is -1.99. The lowest BCUT2D eigenvalue weighted by molar-refractivity contribution is 1.11. The van der Waals surface area contributed by atoms with Crippen LogP contribution >= 0.6 is 0 Å². The fourth-order valence-corrected chi connectivity index (χ4v) is 2.07. The quantitative estimate of drug-likeness (QED) is 0.723. The van der Waals surface area contributed by atoms with E-state index in [0.29, 0.717) is 0 Å². The summed E-state index contributed by atoms with van der Waals surface area (Å²) in [4.78, 5) is 4.11. The third-order valence-corrected chi connectivity index (χ3v) is 3.17. The van der Waals surface area contributed by atoms with Crippen molar-refractivity contribution in [1.82, 2.24) is 4.98 Å². The van der Waals surface area contributed by atoms with Crippen molar-refractivity contribution in [3.63, 3.8) is 0 Å². The first-order valence-electron chi connectivity index (χ1n) is 6.95. The van der Waals surface area contributed by atoms with Gasteiger partial charge in [0.25, 0.3) is 0 Å². The van der Waals surface area contributed by atoms with E-state index in [1.807, 2.05) is 30.5 Å². The Labute approximate surface area is 124 Å². The lowest BCUT2D eigenvalue weighted by atomic mass is 10.2. The molecule has 0 amide bonds. The van der Waals surface area contributed by atoms with Crippen LogP contribution in [0.1, 0.15) is 5.56 Å². The molecule has 2 N–H and O–H groups in total. The molecule has 0 saturated heterocycles. The molecule has 1 aromatic heterocycles. The molecule has 2 aromatic carbocycles. The van der Waals surface area contributed by atoms with E-state index in [9.17, 15) is 0 Å². The first-order chi connectivity index (χ1) is 10.4. The number of rotatable bonds is 5. The second-order valence-electron chi connectivity index (χ2n) is 4.78. The van der Waals surface area contributed by atoms with Crippen molar-refractivity contribution >= 4 is 17.1 Å². The molecule has 21 heavy (non-hydrogen) atoms. The van der Waals surface area contributed by atoms with Gasteiger partial charge in [0.1, 0.15) is 0 Å². The summed E-state index contributed by atoms with van der Waals surface area (Å²) in [6.07, 6.45) is 3.66. The minimum absolute atomic E-state index is 0.777. The number of nitrogens with zero attached hydrogens (tertiary/aromatic N) is 1. The maximum atomic E-state index is 4.11. The van der Waals surface area contributed by atoms with Gasteiger partial charge in [-0.05, 0) is 48.0 Å². The third-order valence-electron chi connectivity index (χ3n) is 3.17. The standard InChI is InChI=1S/C18H17N3/c1-2-6-17(7-3-1)21-18-10-8-16(9-11-18)20-14-15-5-4-12-19-13-15/h1-13,20-21H,14H2. The number of pyridine rings is 1. The largest absolute Gasteiger partial charge is 0.381 e. The third kappa shape index (κ3) is 3.83. The van der Waals surface area contributed by atoms with Crippen molar-refractivity contribution in [2.24, 2.45) is 0 Å². The topological polar surface area (TPSA) is 37.0 Å². The highest BCUT2D eigenvalue weighted by Crippen LogP contribution is 2.18. The average Bonchev–Trinajstić information content (AvgIpc) is 2.56. The molecule has 3 heteroatoms. The van der Waals surface area contributed by atoms with Gasteiger partial charge in [-0.1, -0.05) is 24.3 Å². The fourth-order valence-electron chi connectivity index (χ4n) is 2.07. The number of para-hydroxylation sites is 1. The van der Waals surface area contributed by atoms with Gasteiger partial charge in [0, 0.05) is 36.0 Å². The Balaban J connectivity index is 1.59. The van der Waals surface area contributed by atoms with Crippen LogP contribution in [0.4, 0.5) is 17.1 Å². The molecule has 0 unspecified atom stereocenters. The predicted molar refractivity (Wildman–Crippen MR) is 87.7 cm³/mol. The van der Waals surface area contributed by atoms with Crippen LogP contribution in [0.5, 0.6) is 0 Å². The highest BCUT2D eigenvalue weighted by molar-refractivity contribution is 5.62. The molecule has 0 atom stereocenters. The summed E-state index contributed by atoms with van der Waals surface area (Å²) in [5.74, 6) is 0. The van der Waals surface area contributed by atoms with Gasteiger partial charge >= 0.3 is 0 Å². The molecule has 3 aromatic rings. The molecule has 0 saturated carbocycles. The number of nitrogens with one attached hydrogen (secondary N) is 2. The van der Waals surface area contributed by atoms with E-state index in [2.05, 4.69) is 58.1 Å². The second kappa shape index (κ2) is 6.57. The summed E-state index contributed by atoms with van der Waals surface area (Å²) in [6, 6.07) is 22.4. The normalized spacial score (nSPS) is 10.1. The van der Waals surface area contributed by atoms with Crippen LogP contribution in [0.3, 0.4) is 0 Å². The molecule has 0 radical (unpaired) electrons. The molecule has 0 aliphatic heterocycles. The second-order valence-corrected chi connectivity index (χ2v) is 4.78. The molecule has 0 fully saturated rings. The van der Waals surface area contributed by atoms with Gasteiger partial charge in [-0.2, -0.15) is 0 Å². The van der Waals surface area contributed by atoms with E-state index in [-0.39, 0.29) is 0 Å². The van der Waals surface area contributed by atoms with E-state index in [0.717, 1.165) is 23.6 Å².